The third-order valence-corrected chi connectivity index (χ3v) is 11.4. The van der Waals surface area contributed by atoms with Crippen LogP contribution in [0.3, 0.4) is 0 Å². The molecular formula is C18H48O4Si6. The van der Waals surface area contributed by atoms with E-state index in [0.29, 0.717) is 0 Å². The lowest BCUT2D eigenvalue weighted by molar-refractivity contribution is 0.0601. The SMILES string of the molecule is C[Si](C)(C)OC(O[Si](C)(C)C)[SiH2]CC=CC[SiH2]C(O[Si](C)(C)C)O[Si](C)(C)C. The molecule has 0 fully saturated rings. The van der Waals surface area contributed by atoms with Crippen molar-refractivity contribution < 1.29 is 17.7 Å². The summed E-state index contributed by atoms with van der Waals surface area (Å²) in [6.07, 6.45) is 4.71. The maximum Gasteiger partial charge on any atom is 0.186 e. The van der Waals surface area contributed by atoms with E-state index < -0.39 is 52.3 Å². The monoisotopic (exact) mass is 496 g/mol. The van der Waals surface area contributed by atoms with E-state index in [9.17, 15) is 0 Å². The lowest BCUT2D eigenvalue weighted by Crippen LogP contribution is -2.43. The van der Waals surface area contributed by atoms with Crippen LogP contribution in [-0.4, -0.2) is 64.1 Å². The molecular weight excluding hydrogens is 449 g/mol. The largest absolute Gasteiger partial charge is 0.398 e. The Morgan fingerprint density at radius 3 is 0.893 bits per heavy atom. The van der Waals surface area contributed by atoms with Crippen LogP contribution in [-0.2, 0) is 17.7 Å². The van der Waals surface area contributed by atoms with Crippen molar-refractivity contribution in [3.63, 3.8) is 0 Å². The van der Waals surface area contributed by atoms with E-state index in [-0.39, 0.29) is 11.8 Å². The van der Waals surface area contributed by atoms with Crippen LogP contribution in [0.15, 0.2) is 12.2 Å². The fourth-order valence-electron chi connectivity index (χ4n) is 2.56. The quantitative estimate of drug-likeness (QED) is 0.198. The third-order valence-electron chi connectivity index (χ3n) is 3.24. The van der Waals surface area contributed by atoms with Crippen LogP contribution in [0.25, 0.3) is 0 Å². The molecule has 0 rings (SSSR count). The zero-order valence-electron chi connectivity index (χ0n) is 20.8. The molecule has 0 saturated carbocycles. The van der Waals surface area contributed by atoms with E-state index in [0.717, 1.165) is 12.1 Å². The van der Waals surface area contributed by atoms with Crippen molar-refractivity contribution in [3.05, 3.63) is 12.2 Å². The number of allylic oxidation sites excluding steroid dienone is 2. The van der Waals surface area contributed by atoms with Gasteiger partial charge >= 0.3 is 0 Å². The Bertz CT molecular complexity index is 387. The summed E-state index contributed by atoms with van der Waals surface area (Å²) < 4.78 is 25.3. The molecule has 4 nitrogen and oxygen atoms in total. The van der Waals surface area contributed by atoms with Gasteiger partial charge in [-0.25, -0.2) is 0 Å². The molecule has 0 bridgehead atoms. The summed E-state index contributed by atoms with van der Waals surface area (Å²) in [6, 6.07) is 2.28. The zero-order chi connectivity index (χ0) is 22.2. The van der Waals surface area contributed by atoms with Crippen molar-refractivity contribution in [1.82, 2.24) is 0 Å². The van der Waals surface area contributed by atoms with E-state index in [1.165, 1.54) is 0 Å². The zero-order valence-corrected chi connectivity index (χ0v) is 27.6. The molecule has 0 aliphatic rings. The van der Waals surface area contributed by atoms with Gasteiger partial charge in [-0.2, -0.15) is 0 Å². The first-order chi connectivity index (χ1) is 12.4. The molecule has 10 heteroatoms. The van der Waals surface area contributed by atoms with Crippen molar-refractivity contribution in [2.24, 2.45) is 0 Å². The molecule has 28 heavy (non-hydrogen) atoms. The molecule has 0 aromatic carbocycles. The Kier molecular flexibility index (Phi) is 12.4. The van der Waals surface area contributed by atoms with Gasteiger partial charge in [-0.15, -0.1) is 0 Å². The fraction of sp³-hybridized carbons (Fsp3) is 0.889. The lowest BCUT2D eigenvalue weighted by Gasteiger charge is -2.31. The smallest absolute Gasteiger partial charge is 0.186 e. The summed E-state index contributed by atoms with van der Waals surface area (Å²) in [5.41, 5.74) is 0. The number of hydrogen-bond donors (Lipinski definition) is 0. The van der Waals surface area contributed by atoms with Gasteiger partial charge in [0.05, 0.1) is 19.0 Å². The summed E-state index contributed by atoms with van der Waals surface area (Å²) in [5, 5.41) is 0. The number of hydrogen-bond acceptors (Lipinski definition) is 4. The van der Waals surface area contributed by atoms with Crippen LogP contribution in [0, 0.1) is 0 Å². The Labute approximate surface area is 184 Å². The van der Waals surface area contributed by atoms with Gasteiger partial charge in [0.25, 0.3) is 0 Å². The van der Waals surface area contributed by atoms with Crippen LogP contribution in [0.1, 0.15) is 0 Å². The van der Waals surface area contributed by atoms with Gasteiger partial charge in [0.1, 0.15) is 11.8 Å². The van der Waals surface area contributed by atoms with Crippen LogP contribution in [0.5, 0.6) is 0 Å². The Morgan fingerprint density at radius 1 is 0.500 bits per heavy atom. The highest BCUT2D eigenvalue weighted by Gasteiger charge is 2.27. The molecule has 0 heterocycles. The molecule has 0 amide bonds. The van der Waals surface area contributed by atoms with Crippen LogP contribution in [0.4, 0.5) is 0 Å². The summed E-state index contributed by atoms with van der Waals surface area (Å²) in [6.45, 7) is 27.0. The van der Waals surface area contributed by atoms with Gasteiger partial charge in [-0.05, 0) is 90.7 Å². The average molecular weight is 497 g/mol. The minimum absolute atomic E-state index is 0.0819. The maximum absolute atomic E-state index is 6.33. The Hall–Kier alpha value is 0.881. The van der Waals surface area contributed by atoms with Crippen molar-refractivity contribution in [2.75, 3.05) is 0 Å². The summed E-state index contributed by atoms with van der Waals surface area (Å²) >= 11 is 0. The first kappa shape index (κ1) is 28.9. The molecule has 0 aromatic heterocycles. The van der Waals surface area contributed by atoms with Gasteiger partial charge < -0.3 is 17.7 Å². The molecule has 168 valence electrons. The highest BCUT2D eigenvalue weighted by atomic mass is 28.4. The van der Waals surface area contributed by atoms with Gasteiger partial charge in [0.15, 0.2) is 33.3 Å². The molecule has 0 atom stereocenters. The van der Waals surface area contributed by atoms with Crippen molar-refractivity contribution >= 4 is 52.3 Å². The lowest BCUT2D eigenvalue weighted by atomic mass is 10.6. The second kappa shape index (κ2) is 12.1. The third kappa shape index (κ3) is 20.2. The van der Waals surface area contributed by atoms with Crippen LogP contribution in [0.2, 0.25) is 90.7 Å². The Morgan fingerprint density at radius 2 is 0.714 bits per heavy atom. The highest BCUT2D eigenvalue weighted by molar-refractivity contribution is 6.72. The minimum Gasteiger partial charge on any atom is -0.398 e. The molecule has 0 aliphatic heterocycles. The molecule has 0 N–H and O–H groups in total. The van der Waals surface area contributed by atoms with Gasteiger partial charge in [-0.1, -0.05) is 12.2 Å². The Balaban J connectivity index is 4.53. The van der Waals surface area contributed by atoms with E-state index in [1.54, 1.807) is 0 Å². The molecule has 0 aromatic rings. The molecule has 0 unspecified atom stereocenters. The highest BCUT2D eigenvalue weighted by Crippen LogP contribution is 2.16. The van der Waals surface area contributed by atoms with Gasteiger partial charge in [-0.3, -0.25) is 0 Å². The van der Waals surface area contributed by atoms with E-state index >= 15 is 0 Å². The minimum atomic E-state index is -1.57. The van der Waals surface area contributed by atoms with E-state index in [2.05, 4.69) is 90.7 Å². The molecule has 0 saturated heterocycles. The standard InChI is InChI=1S/C18H48O4Si6/c1-25(2,3)19-17(20-26(4,5)6)23-15-13-14-16-24-18(21-27(7,8)9)22-28(10,11)12/h13-14,17-18H,15-16,23-24H2,1-12H3. The topological polar surface area (TPSA) is 36.9 Å². The number of rotatable bonds is 14. The molecule has 0 radical (unpaired) electrons. The second-order valence-corrected chi connectivity index (χ2v) is 32.9. The normalized spacial score (nSPS) is 15.5. The summed E-state index contributed by atoms with van der Waals surface area (Å²) in [4.78, 5) is 0. The summed E-state index contributed by atoms with van der Waals surface area (Å²) in [5.74, 6) is 0.164. The van der Waals surface area contributed by atoms with Gasteiger partial charge in [0.2, 0.25) is 0 Å². The first-order valence-corrected chi connectivity index (χ1v) is 28.0. The first-order valence-electron chi connectivity index (χ1n) is 10.7. The van der Waals surface area contributed by atoms with E-state index in [1.807, 2.05) is 0 Å². The van der Waals surface area contributed by atoms with Crippen molar-refractivity contribution in [3.8, 4) is 0 Å². The van der Waals surface area contributed by atoms with Crippen LogP contribution < -0.4 is 0 Å². The van der Waals surface area contributed by atoms with Crippen LogP contribution >= 0.6 is 0 Å². The maximum atomic E-state index is 6.33. The second-order valence-electron chi connectivity index (χ2n) is 11.4. The predicted octanol–water partition coefficient (Wildman–Crippen LogP) is 4.69. The average Bonchev–Trinajstić information content (AvgIpc) is 2.34. The van der Waals surface area contributed by atoms with E-state index in [4.69, 9.17) is 17.7 Å². The summed E-state index contributed by atoms with van der Waals surface area (Å²) in [7, 11) is -7.13. The van der Waals surface area contributed by atoms with Gasteiger partial charge in [0, 0.05) is 0 Å². The fourth-order valence-corrected chi connectivity index (χ4v) is 15.4. The van der Waals surface area contributed by atoms with Crippen molar-refractivity contribution in [2.45, 2.75) is 102 Å². The van der Waals surface area contributed by atoms with Crippen molar-refractivity contribution in [1.29, 1.82) is 0 Å². The molecule has 0 aliphatic carbocycles. The molecule has 0 spiro atoms. The predicted molar refractivity (Wildman–Crippen MR) is 141 cm³/mol.